The zero-order valence-electron chi connectivity index (χ0n) is 13.1. The smallest absolute Gasteiger partial charge is 0.256 e. The maximum absolute atomic E-state index is 12.5. The molecule has 1 aliphatic heterocycles. The number of carbonyl (C=O) groups is 1. The first-order chi connectivity index (χ1) is 11.4. The van der Waals surface area contributed by atoms with Crippen LogP contribution >= 0.6 is 0 Å². The Balaban J connectivity index is 1.87. The molecule has 3 rings (SSSR count). The van der Waals surface area contributed by atoms with Gasteiger partial charge in [0, 0.05) is 24.4 Å². The summed E-state index contributed by atoms with van der Waals surface area (Å²) in [4.78, 5) is 12.5. The van der Waals surface area contributed by atoms with Gasteiger partial charge in [-0.05, 0) is 24.3 Å². The minimum Gasteiger partial charge on any atom is -0.490 e. The zero-order chi connectivity index (χ0) is 17.2. The summed E-state index contributed by atoms with van der Waals surface area (Å²) in [6, 6.07) is 11.2. The first-order valence-electron chi connectivity index (χ1n) is 7.45. The standard InChI is InChI=1S/C17H17NO5S/c1-24(20,21)16-6-3-2-5-13(16)17(19)18-12-7-8-14-15(11-12)23-10-4-9-22-14/h2-3,5-8,11H,4,9-10H2,1H3,(H,18,19). The monoisotopic (exact) mass is 347 g/mol. The van der Waals surface area contributed by atoms with E-state index < -0.39 is 15.7 Å². The van der Waals surface area contributed by atoms with Crippen molar-refractivity contribution in [1.29, 1.82) is 0 Å². The number of carbonyl (C=O) groups excluding carboxylic acids is 1. The molecule has 2 aromatic rings. The van der Waals surface area contributed by atoms with Crippen molar-refractivity contribution in [2.75, 3.05) is 24.8 Å². The quantitative estimate of drug-likeness (QED) is 0.922. The number of benzene rings is 2. The number of anilines is 1. The van der Waals surface area contributed by atoms with Crippen LogP contribution in [-0.4, -0.2) is 33.8 Å². The fourth-order valence-electron chi connectivity index (χ4n) is 2.42. The van der Waals surface area contributed by atoms with Crippen LogP contribution in [-0.2, 0) is 9.84 Å². The summed E-state index contributed by atoms with van der Waals surface area (Å²) < 4.78 is 34.8. The van der Waals surface area contributed by atoms with Crippen LogP contribution in [0.2, 0.25) is 0 Å². The lowest BCUT2D eigenvalue weighted by molar-refractivity contribution is 0.102. The van der Waals surface area contributed by atoms with E-state index in [4.69, 9.17) is 9.47 Å². The molecule has 126 valence electrons. The lowest BCUT2D eigenvalue weighted by atomic mass is 10.2. The minimum absolute atomic E-state index is 0.00292. The highest BCUT2D eigenvalue weighted by molar-refractivity contribution is 7.90. The summed E-state index contributed by atoms with van der Waals surface area (Å²) >= 11 is 0. The Hall–Kier alpha value is -2.54. The van der Waals surface area contributed by atoms with Gasteiger partial charge >= 0.3 is 0 Å². The third-order valence-electron chi connectivity index (χ3n) is 3.54. The summed E-state index contributed by atoms with van der Waals surface area (Å²) in [5.74, 6) is 0.689. The Kier molecular flexibility index (Phi) is 4.44. The Labute approximate surface area is 140 Å². The molecule has 0 saturated carbocycles. The van der Waals surface area contributed by atoms with Gasteiger partial charge in [-0.3, -0.25) is 4.79 Å². The van der Waals surface area contributed by atoms with Crippen molar-refractivity contribution >= 4 is 21.4 Å². The molecule has 1 heterocycles. The summed E-state index contributed by atoms with van der Waals surface area (Å²) in [5.41, 5.74) is 0.611. The molecule has 2 aromatic carbocycles. The molecule has 0 saturated heterocycles. The molecule has 0 bridgehead atoms. The number of nitrogens with one attached hydrogen (secondary N) is 1. The highest BCUT2D eigenvalue weighted by Crippen LogP contribution is 2.32. The van der Waals surface area contributed by atoms with Crippen LogP contribution in [0.4, 0.5) is 5.69 Å². The zero-order valence-corrected chi connectivity index (χ0v) is 13.9. The fourth-order valence-corrected chi connectivity index (χ4v) is 3.30. The molecule has 1 N–H and O–H groups in total. The minimum atomic E-state index is -3.50. The molecule has 0 atom stereocenters. The summed E-state index contributed by atoms with van der Waals surface area (Å²) in [7, 11) is -3.50. The van der Waals surface area contributed by atoms with Crippen molar-refractivity contribution in [3.8, 4) is 11.5 Å². The van der Waals surface area contributed by atoms with Gasteiger partial charge in [-0.2, -0.15) is 0 Å². The molecule has 0 spiro atoms. The van der Waals surface area contributed by atoms with Crippen molar-refractivity contribution < 1.29 is 22.7 Å². The summed E-state index contributed by atoms with van der Waals surface area (Å²) in [6.45, 7) is 1.13. The first-order valence-corrected chi connectivity index (χ1v) is 9.34. The summed E-state index contributed by atoms with van der Waals surface area (Å²) in [5, 5.41) is 2.70. The van der Waals surface area contributed by atoms with Crippen molar-refractivity contribution in [3.05, 3.63) is 48.0 Å². The van der Waals surface area contributed by atoms with Crippen LogP contribution < -0.4 is 14.8 Å². The number of ether oxygens (including phenoxy) is 2. The van der Waals surface area contributed by atoms with Gasteiger partial charge in [-0.1, -0.05) is 12.1 Å². The van der Waals surface area contributed by atoms with E-state index in [9.17, 15) is 13.2 Å². The number of amides is 1. The lowest BCUT2D eigenvalue weighted by Crippen LogP contribution is -2.16. The third-order valence-corrected chi connectivity index (χ3v) is 4.69. The molecule has 0 radical (unpaired) electrons. The first kappa shape index (κ1) is 16.3. The van der Waals surface area contributed by atoms with Gasteiger partial charge in [0.2, 0.25) is 0 Å². The van der Waals surface area contributed by atoms with E-state index in [1.54, 1.807) is 30.3 Å². The van der Waals surface area contributed by atoms with Crippen LogP contribution in [0.5, 0.6) is 11.5 Å². The van der Waals surface area contributed by atoms with Gasteiger partial charge in [-0.25, -0.2) is 8.42 Å². The van der Waals surface area contributed by atoms with Crippen molar-refractivity contribution in [2.24, 2.45) is 0 Å². The van der Waals surface area contributed by atoms with E-state index in [1.165, 1.54) is 12.1 Å². The highest BCUT2D eigenvalue weighted by Gasteiger charge is 2.19. The molecule has 0 unspecified atom stereocenters. The lowest BCUT2D eigenvalue weighted by Gasteiger charge is -2.12. The van der Waals surface area contributed by atoms with Crippen LogP contribution in [0.25, 0.3) is 0 Å². The normalized spacial score (nSPS) is 13.9. The van der Waals surface area contributed by atoms with Gasteiger partial charge in [-0.15, -0.1) is 0 Å². The molecule has 1 aliphatic rings. The summed E-state index contributed by atoms with van der Waals surface area (Å²) in [6.07, 6.45) is 1.87. The maximum Gasteiger partial charge on any atom is 0.256 e. The Morgan fingerprint density at radius 1 is 1.04 bits per heavy atom. The second-order valence-electron chi connectivity index (χ2n) is 5.43. The molecule has 0 aliphatic carbocycles. The van der Waals surface area contributed by atoms with E-state index in [0.29, 0.717) is 30.4 Å². The molecular weight excluding hydrogens is 330 g/mol. The second kappa shape index (κ2) is 6.52. The molecular formula is C17H17NO5S. The largest absolute Gasteiger partial charge is 0.490 e. The van der Waals surface area contributed by atoms with Crippen LogP contribution in [0.15, 0.2) is 47.4 Å². The number of fused-ring (bicyclic) bond motifs is 1. The van der Waals surface area contributed by atoms with E-state index >= 15 is 0 Å². The Bertz CT molecular complexity index is 876. The van der Waals surface area contributed by atoms with E-state index in [2.05, 4.69) is 5.32 Å². The fraction of sp³-hybridized carbons (Fsp3) is 0.235. The molecule has 1 amide bonds. The Morgan fingerprint density at radius 2 is 1.75 bits per heavy atom. The van der Waals surface area contributed by atoms with Crippen LogP contribution in [0.1, 0.15) is 16.8 Å². The SMILES string of the molecule is CS(=O)(=O)c1ccccc1C(=O)Nc1ccc2c(c1)OCCCO2. The van der Waals surface area contributed by atoms with Crippen LogP contribution in [0, 0.1) is 0 Å². The van der Waals surface area contributed by atoms with E-state index in [0.717, 1.165) is 12.7 Å². The van der Waals surface area contributed by atoms with Gasteiger partial charge in [0.05, 0.1) is 23.7 Å². The van der Waals surface area contributed by atoms with Crippen molar-refractivity contribution in [1.82, 2.24) is 0 Å². The van der Waals surface area contributed by atoms with Crippen molar-refractivity contribution in [3.63, 3.8) is 0 Å². The van der Waals surface area contributed by atoms with Crippen LogP contribution in [0.3, 0.4) is 0 Å². The van der Waals surface area contributed by atoms with Gasteiger partial charge in [0.25, 0.3) is 5.91 Å². The van der Waals surface area contributed by atoms with E-state index in [1.807, 2.05) is 0 Å². The topological polar surface area (TPSA) is 81.7 Å². The number of sulfone groups is 1. The number of hydrogen-bond donors (Lipinski definition) is 1. The predicted octanol–water partition coefficient (Wildman–Crippen LogP) is 2.50. The van der Waals surface area contributed by atoms with Gasteiger partial charge in [0.1, 0.15) is 0 Å². The number of rotatable bonds is 3. The molecule has 7 heteroatoms. The van der Waals surface area contributed by atoms with Gasteiger partial charge in [0.15, 0.2) is 21.3 Å². The molecule has 24 heavy (non-hydrogen) atoms. The average molecular weight is 347 g/mol. The number of hydrogen-bond acceptors (Lipinski definition) is 5. The van der Waals surface area contributed by atoms with Crippen molar-refractivity contribution in [2.45, 2.75) is 11.3 Å². The van der Waals surface area contributed by atoms with E-state index in [-0.39, 0.29) is 10.5 Å². The molecule has 0 fully saturated rings. The molecule has 6 nitrogen and oxygen atoms in total. The maximum atomic E-state index is 12.5. The van der Waals surface area contributed by atoms with Gasteiger partial charge < -0.3 is 14.8 Å². The average Bonchev–Trinajstić information content (AvgIpc) is 2.79. The molecule has 0 aromatic heterocycles. The highest BCUT2D eigenvalue weighted by atomic mass is 32.2. The predicted molar refractivity (Wildman–Crippen MR) is 89.6 cm³/mol. The third kappa shape index (κ3) is 3.51. The Morgan fingerprint density at radius 3 is 2.50 bits per heavy atom. The second-order valence-corrected chi connectivity index (χ2v) is 7.42.